The van der Waals surface area contributed by atoms with E-state index >= 15 is 0 Å². The molecule has 0 radical (unpaired) electrons. The summed E-state index contributed by atoms with van der Waals surface area (Å²) < 4.78 is 0. The van der Waals surface area contributed by atoms with E-state index in [1.54, 1.807) is 36.1 Å². The molecule has 3 heteroatoms. The van der Waals surface area contributed by atoms with E-state index in [0.29, 0.717) is 6.54 Å². The molecule has 0 heterocycles. The van der Waals surface area contributed by atoms with Gasteiger partial charge in [-0.1, -0.05) is 6.92 Å². The van der Waals surface area contributed by atoms with Crippen LogP contribution >= 0.6 is 0 Å². The molecule has 1 aromatic rings. The maximum atomic E-state index is 11.3. The van der Waals surface area contributed by atoms with Crippen molar-refractivity contribution < 1.29 is 9.90 Å². The Bertz CT molecular complexity index is 306. The van der Waals surface area contributed by atoms with E-state index in [4.69, 9.17) is 5.11 Å². The summed E-state index contributed by atoms with van der Waals surface area (Å²) in [6.07, 6.45) is 0.917. The zero-order chi connectivity index (χ0) is 10.6. The van der Waals surface area contributed by atoms with Crippen LogP contribution in [0, 0.1) is 0 Å². The number of carbonyl (C=O) groups is 1. The highest BCUT2D eigenvalue weighted by Crippen LogP contribution is 2.18. The number of hydrogen-bond donors (Lipinski definition) is 1. The fourth-order valence-electron chi connectivity index (χ4n) is 1.32. The van der Waals surface area contributed by atoms with E-state index in [9.17, 15) is 4.79 Å². The van der Waals surface area contributed by atoms with Crippen molar-refractivity contribution in [2.45, 2.75) is 20.3 Å². The van der Waals surface area contributed by atoms with Gasteiger partial charge >= 0.3 is 0 Å². The molecule has 0 saturated heterocycles. The minimum absolute atomic E-state index is 0.0255. The SMILES string of the molecule is CCCN(C(C)=O)c1ccc(O)cc1. The third-order valence-corrected chi connectivity index (χ3v) is 1.99. The highest BCUT2D eigenvalue weighted by Gasteiger charge is 2.09. The Morgan fingerprint density at radius 2 is 1.93 bits per heavy atom. The molecule has 0 fully saturated rings. The highest BCUT2D eigenvalue weighted by molar-refractivity contribution is 5.91. The minimum atomic E-state index is 0.0255. The number of aromatic hydroxyl groups is 1. The zero-order valence-electron chi connectivity index (χ0n) is 8.53. The second-order valence-corrected chi connectivity index (χ2v) is 3.19. The average molecular weight is 193 g/mol. The van der Waals surface area contributed by atoms with Gasteiger partial charge in [-0.3, -0.25) is 4.79 Å². The quantitative estimate of drug-likeness (QED) is 0.799. The van der Waals surface area contributed by atoms with Gasteiger partial charge in [0, 0.05) is 19.2 Å². The van der Waals surface area contributed by atoms with Gasteiger partial charge in [-0.25, -0.2) is 0 Å². The van der Waals surface area contributed by atoms with Crippen molar-refractivity contribution in [1.82, 2.24) is 0 Å². The Morgan fingerprint density at radius 1 is 1.36 bits per heavy atom. The Hall–Kier alpha value is -1.51. The van der Waals surface area contributed by atoms with Crippen LogP contribution in [0.2, 0.25) is 0 Å². The number of hydrogen-bond acceptors (Lipinski definition) is 2. The first-order valence-corrected chi connectivity index (χ1v) is 4.72. The standard InChI is InChI=1S/C11H15NO2/c1-3-8-12(9(2)13)10-4-6-11(14)7-5-10/h4-7,14H,3,8H2,1-2H3. The minimum Gasteiger partial charge on any atom is -0.508 e. The second kappa shape index (κ2) is 4.65. The molecule has 0 bridgehead atoms. The van der Waals surface area contributed by atoms with Crippen LogP contribution in [0.25, 0.3) is 0 Å². The lowest BCUT2D eigenvalue weighted by Gasteiger charge is -2.20. The molecule has 0 saturated carbocycles. The van der Waals surface area contributed by atoms with E-state index in [1.165, 1.54) is 0 Å². The first-order valence-electron chi connectivity index (χ1n) is 4.72. The second-order valence-electron chi connectivity index (χ2n) is 3.19. The van der Waals surface area contributed by atoms with Gasteiger partial charge in [0.2, 0.25) is 5.91 Å². The van der Waals surface area contributed by atoms with Gasteiger partial charge in [-0.05, 0) is 30.7 Å². The summed E-state index contributed by atoms with van der Waals surface area (Å²) in [5.74, 6) is 0.242. The molecule has 3 nitrogen and oxygen atoms in total. The molecule has 76 valence electrons. The maximum absolute atomic E-state index is 11.3. The van der Waals surface area contributed by atoms with Crippen molar-refractivity contribution in [3.8, 4) is 5.75 Å². The third-order valence-electron chi connectivity index (χ3n) is 1.99. The first kappa shape index (κ1) is 10.6. The van der Waals surface area contributed by atoms with Crippen LogP contribution in [-0.2, 0) is 4.79 Å². The van der Waals surface area contributed by atoms with Crippen LogP contribution in [0.3, 0.4) is 0 Å². The first-order chi connectivity index (χ1) is 6.65. The van der Waals surface area contributed by atoms with Gasteiger partial charge < -0.3 is 10.0 Å². The highest BCUT2D eigenvalue weighted by atomic mass is 16.3. The summed E-state index contributed by atoms with van der Waals surface area (Å²) in [7, 11) is 0. The number of phenols is 1. The van der Waals surface area contributed by atoms with Crippen LogP contribution < -0.4 is 4.90 Å². The van der Waals surface area contributed by atoms with E-state index in [0.717, 1.165) is 12.1 Å². The smallest absolute Gasteiger partial charge is 0.223 e. The number of rotatable bonds is 3. The summed E-state index contributed by atoms with van der Waals surface area (Å²) in [6, 6.07) is 6.65. The molecule has 0 aliphatic rings. The molecule has 1 amide bonds. The molecule has 0 unspecified atom stereocenters. The lowest BCUT2D eigenvalue weighted by Crippen LogP contribution is -2.28. The van der Waals surface area contributed by atoms with E-state index in [-0.39, 0.29) is 11.7 Å². The van der Waals surface area contributed by atoms with Crippen molar-refractivity contribution >= 4 is 11.6 Å². The Balaban J connectivity index is 2.87. The monoisotopic (exact) mass is 193 g/mol. The lowest BCUT2D eigenvalue weighted by atomic mass is 10.2. The average Bonchev–Trinajstić information content (AvgIpc) is 2.15. The summed E-state index contributed by atoms with van der Waals surface area (Å²) in [5.41, 5.74) is 0.831. The van der Waals surface area contributed by atoms with Crippen molar-refractivity contribution in [3.05, 3.63) is 24.3 Å². The normalized spacial score (nSPS) is 9.86. The number of benzene rings is 1. The van der Waals surface area contributed by atoms with Crippen molar-refractivity contribution in [3.63, 3.8) is 0 Å². The Morgan fingerprint density at radius 3 is 2.36 bits per heavy atom. The number of anilines is 1. The Labute approximate surface area is 84.0 Å². The predicted molar refractivity (Wildman–Crippen MR) is 56.4 cm³/mol. The fourth-order valence-corrected chi connectivity index (χ4v) is 1.32. The summed E-state index contributed by atoms with van der Waals surface area (Å²) >= 11 is 0. The number of carbonyl (C=O) groups excluding carboxylic acids is 1. The van der Waals surface area contributed by atoms with Crippen LogP contribution in [0.4, 0.5) is 5.69 Å². The molecule has 1 N–H and O–H groups in total. The Kier molecular flexibility index (Phi) is 3.51. The summed E-state index contributed by atoms with van der Waals surface area (Å²) in [5, 5.41) is 9.10. The number of phenolic OH excluding ortho intramolecular Hbond substituents is 1. The molecular formula is C11H15NO2. The van der Waals surface area contributed by atoms with Gasteiger partial charge in [0.15, 0.2) is 0 Å². The van der Waals surface area contributed by atoms with Crippen molar-refractivity contribution in [2.24, 2.45) is 0 Å². The topological polar surface area (TPSA) is 40.5 Å². The largest absolute Gasteiger partial charge is 0.508 e. The van der Waals surface area contributed by atoms with Crippen molar-refractivity contribution in [1.29, 1.82) is 0 Å². The van der Waals surface area contributed by atoms with Crippen molar-refractivity contribution in [2.75, 3.05) is 11.4 Å². The van der Waals surface area contributed by atoms with E-state index in [1.807, 2.05) is 6.92 Å². The third kappa shape index (κ3) is 2.49. The van der Waals surface area contributed by atoms with Crippen LogP contribution in [0.1, 0.15) is 20.3 Å². The molecule has 0 aromatic heterocycles. The maximum Gasteiger partial charge on any atom is 0.223 e. The number of nitrogens with zero attached hydrogens (tertiary/aromatic N) is 1. The van der Waals surface area contributed by atoms with Crippen LogP contribution in [0.15, 0.2) is 24.3 Å². The molecule has 1 aromatic carbocycles. The van der Waals surface area contributed by atoms with E-state index < -0.39 is 0 Å². The van der Waals surface area contributed by atoms with Gasteiger partial charge in [-0.2, -0.15) is 0 Å². The molecule has 1 rings (SSSR count). The predicted octanol–water partition coefficient (Wildman–Crippen LogP) is 2.16. The van der Waals surface area contributed by atoms with Gasteiger partial charge in [-0.15, -0.1) is 0 Å². The molecule has 0 aliphatic carbocycles. The van der Waals surface area contributed by atoms with E-state index in [2.05, 4.69) is 0 Å². The van der Waals surface area contributed by atoms with Crippen LogP contribution in [-0.4, -0.2) is 17.6 Å². The molecule has 0 spiro atoms. The molecular weight excluding hydrogens is 178 g/mol. The molecule has 14 heavy (non-hydrogen) atoms. The van der Waals surface area contributed by atoms with Gasteiger partial charge in [0.25, 0.3) is 0 Å². The molecule has 0 atom stereocenters. The molecule has 0 aliphatic heterocycles. The summed E-state index contributed by atoms with van der Waals surface area (Å²) in [6.45, 7) is 4.28. The lowest BCUT2D eigenvalue weighted by molar-refractivity contribution is -0.116. The van der Waals surface area contributed by atoms with Gasteiger partial charge in [0.05, 0.1) is 0 Å². The fraction of sp³-hybridized carbons (Fsp3) is 0.364. The summed E-state index contributed by atoms with van der Waals surface area (Å²) in [4.78, 5) is 13.0. The number of amides is 1. The van der Waals surface area contributed by atoms with Gasteiger partial charge in [0.1, 0.15) is 5.75 Å². The van der Waals surface area contributed by atoms with Crippen LogP contribution in [0.5, 0.6) is 5.75 Å². The zero-order valence-corrected chi connectivity index (χ0v) is 8.53.